The minimum Gasteiger partial charge on any atom is -0.480 e. The number of carboxylic acid groups (broad SMARTS) is 1. The van der Waals surface area contributed by atoms with Crippen LogP contribution in [0.5, 0.6) is 0 Å². The van der Waals surface area contributed by atoms with Gasteiger partial charge in [0.2, 0.25) is 6.41 Å². The average molecular weight is 580 g/mol. The first-order chi connectivity index (χ1) is 18.8. The predicted molar refractivity (Wildman–Crippen MR) is 161 cm³/mol. The van der Waals surface area contributed by atoms with E-state index in [0.717, 1.165) is 49.1 Å². The molecule has 10 nitrogen and oxygen atoms in total. The summed E-state index contributed by atoms with van der Waals surface area (Å²) in [6.07, 6.45) is 7.23. The molecule has 0 aromatic carbocycles. The molecular weight excluding hydrogens is 526 g/mol. The zero-order valence-corrected chi connectivity index (χ0v) is 26.7. The Hall–Kier alpha value is -3.30. The number of hydrogen-bond donors (Lipinski definition) is 2. The molecule has 2 rings (SSSR count). The van der Waals surface area contributed by atoms with Crippen molar-refractivity contribution in [2.24, 2.45) is 0 Å². The molecule has 2 unspecified atom stereocenters. The molecule has 0 saturated carbocycles. The molecule has 0 aromatic rings. The zero-order valence-electron chi connectivity index (χ0n) is 26.7. The third-order valence-electron chi connectivity index (χ3n) is 6.18. The summed E-state index contributed by atoms with van der Waals surface area (Å²) in [6.45, 7) is 25.4. The quantitative estimate of drug-likeness (QED) is 0.284. The monoisotopic (exact) mass is 579 g/mol. The maximum Gasteiger partial charge on any atom is 0.411 e. The lowest BCUT2D eigenvalue weighted by Gasteiger charge is -2.34. The van der Waals surface area contributed by atoms with Gasteiger partial charge < -0.3 is 24.8 Å². The average Bonchev–Trinajstić information content (AvgIpc) is 2.85. The highest BCUT2D eigenvalue weighted by Crippen LogP contribution is 2.21. The van der Waals surface area contributed by atoms with Gasteiger partial charge in [-0.1, -0.05) is 19.2 Å². The summed E-state index contributed by atoms with van der Waals surface area (Å²) in [5.74, 6) is -0.953. The number of rotatable bonds is 5. The van der Waals surface area contributed by atoms with E-state index in [1.165, 1.54) is 11.3 Å². The van der Waals surface area contributed by atoms with E-state index in [9.17, 15) is 19.2 Å². The molecule has 0 aromatic heterocycles. The predicted octanol–water partition coefficient (Wildman–Crippen LogP) is 6.43. The van der Waals surface area contributed by atoms with Crippen LogP contribution in [-0.2, 0) is 19.1 Å². The first-order valence-corrected chi connectivity index (χ1v) is 14.3. The van der Waals surface area contributed by atoms with E-state index < -0.39 is 23.7 Å². The van der Waals surface area contributed by atoms with Gasteiger partial charge in [0.25, 0.3) is 0 Å². The molecule has 234 valence electrons. The molecule has 0 bridgehead atoms. The molecule has 2 atom stereocenters. The second-order valence-corrected chi connectivity index (χ2v) is 12.3. The molecule has 0 aliphatic carbocycles. The standard InChI is InChI=1S/C11H19NO4.C11H21NO2.C9H13NO/c1-11(2,3)16-10(15)12-7-5-4-6-8(12)9(13)14;1-9-7-5-6-8-12(9)10(13)14-11(2,3)4;1-5-8(4)9(7(2)3)10-6-11/h8H,4-7H2,1-3H3,(H,13,14);9H,5-8H2,1-4H3;5-6H,1-2H2,3-4H3,(H,10,11)/b;;9-8+. The van der Waals surface area contributed by atoms with Crippen LogP contribution in [0.2, 0.25) is 0 Å². The Bertz CT molecular complexity index is 944. The number of ether oxygens (including phenoxy) is 2. The number of carbonyl (C=O) groups is 4. The smallest absolute Gasteiger partial charge is 0.411 e. The van der Waals surface area contributed by atoms with Crippen LogP contribution in [0.25, 0.3) is 0 Å². The zero-order chi connectivity index (χ0) is 32.0. The number of carboxylic acids is 1. The van der Waals surface area contributed by atoms with Crippen molar-refractivity contribution in [3.63, 3.8) is 0 Å². The van der Waals surface area contributed by atoms with Gasteiger partial charge in [-0.15, -0.1) is 0 Å². The Morgan fingerprint density at radius 3 is 1.73 bits per heavy atom. The lowest BCUT2D eigenvalue weighted by molar-refractivity contribution is -0.144. The van der Waals surface area contributed by atoms with E-state index in [2.05, 4.69) is 25.4 Å². The van der Waals surface area contributed by atoms with Gasteiger partial charge in [-0.05, 0) is 112 Å². The van der Waals surface area contributed by atoms with E-state index >= 15 is 0 Å². The lowest BCUT2D eigenvalue weighted by atomic mass is 10.0. The third-order valence-corrected chi connectivity index (χ3v) is 6.18. The molecule has 2 heterocycles. The van der Waals surface area contributed by atoms with Crippen molar-refractivity contribution in [1.82, 2.24) is 15.1 Å². The first-order valence-electron chi connectivity index (χ1n) is 14.3. The molecule has 10 heteroatoms. The SMILES string of the molecule is C=C/C(C)=C(/NC=O)C(=C)C.CC(C)(C)OC(=O)N1CCCCC1C(=O)O.CC1CCCCN1C(=O)OC(C)(C)C. The summed E-state index contributed by atoms with van der Waals surface area (Å²) in [5, 5.41) is 11.6. The number of aliphatic carboxylic acids is 1. The molecular formula is C31H53N3O7. The summed E-state index contributed by atoms with van der Waals surface area (Å²) in [4.78, 5) is 47.8. The molecule has 2 fully saturated rings. The largest absolute Gasteiger partial charge is 0.480 e. The second-order valence-electron chi connectivity index (χ2n) is 12.3. The van der Waals surface area contributed by atoms with Crippen molar-refractivity contribution >= 4 is 24.6 Å². The van der Waals surface area contributed by atoms with Gasteiger partial charge in [0, 0.05) is 24.8 Å². The highest BCUT2D eigenvalue weighted by molar-refractivity contribution is 5.80. The van der Waals surface area contributed by atoms with Crippen LogP contribution in [-0.4, -0.2) is 75.8 Å². The Kier molecular flexibility index (Phi) is 16.1. The molecule has 2 aliphatic rings. The molecule has 3 amide bonds. The molecule has 2 saturated heterocycles. The Balaban J connectivity index is 0.000000597. The van der Waals surface area contributed by atoms with Crippen LogP contribution in [0.1, 0.15) is 101 Å². The molecule has 2 aliphatic heterocycles. The summed E-state index contributed by atoms with van der Waals surface area (Å²) in [7, 11) is 0. The van der Waals surface area contributed by atoms with E-state index in [1.807, 2.05) is 39.5 Å². The number of likely N-dealkylation sites (tertiary alicyclic amines) is 2. The van der Waals surface area contributed by atoms with Gasteiger partial charge in [0.15, 0.2) is 0 Å². The van der Waals surface area contributed by atoms with Gasteiger partial charge in [-0.2, -0.15) is 0 Å². The summed E-state index contributed by atoms with van der Waals surface area (Å²) in [5.41, 5.74) is 1.53. The van der Waals surface area contributed by atoms with E-state index in [4.69, 9.17) is 14.6 Å². The fourth-order valence-corrected chi connectivity index (χ4v) is 4.15. The maximum atomic E-state index is 11.8. The molecule has 41 heavy (non-hydrogen) atoms. The summed E-state index contributed by atoms with van der Waals surface area (Å²) < 4.78 is 10.5. The van der Waals surface area contributed by atoms with Gasteiger partial charge in [-0.3, -0.25) is 9.69 Å². The van der Waals surface area contributed by atoms with Crippen LogP contribution in [0.3, 0.4) is 0 Å². The van der Waals surface area contributed by atoms with Crippen molar-refractivity contribution in [2.75, 3.05) is 13.1 Å². The Labute approximate surface area is 246 Å². The fraction of sp³-hybridized carbons (Fsp3) is 0.677. The van der Waals surface area contributed by atoms with E-state index in [1.54, 1.807) is 26.8 Å². The van der Waals surface area contributed by atoms with Crippen LogP contribution in [0, 0.1) is 0 Å². The number of nitrogens with zero attached hydrogens (tertiary/aromatic N) is 2. The van der Waals surface area contributed by atoms with Crippen LogP contribution < -0.4 is 5.32 Å². The Morgan fingerprint density at radius 2 is 1.34 bits per heavy atom. The molecule has 2 N–H and O–H groups in total. The fourth-order valence-electron chi connectivity index (χ4n) is 4.15. The topological polar surface area (TPSA) is 125 Å². The van der Waals surface area contributed by atoms with Crippen molar-refractivity contribution in [1.29, 1.82) is 0 Å². The van der Waals surface area contributed by atoms with E-state index in [-0.39, 0.29) is 11.7 Å². The number of piperidine rings is 2. The van der Waals surface area contributed by atoms with Crippen LogP contribution in [0.4, 0.5) is 9.59 Å². The van der Waals surface area contributed by atoms with Crippen molar-refractivity contribution < 1.29 is 33.8 Å². The van der Waals surface area contributed by atoms with Crippen molar-refractivity contribution in [3.05, 3.63) is 36.1 Å². The number of carbonyl (C=O) groups excluding carboxylic acids is 3. The number of hydrogen-bond acceptors (Lipinski definition) is 6. The summed E-state index contributed by atoms with van der Waals surface area (Å²) in [6, 6.07) is -0.401. The van der Waals surface area contributed by atoms with Gasteiger partial charge >= 0.3 is 18.2 Å². The Morgan fingerprint density at radius 1 is 0.878 bits per heavy atom. The van der Waals surface area contributed by atoms with Crippen molar-refractivity contribution in [2.45, 2.75) is 124 Å². The number of nitrogens with one attached hydrogen (secondary N) is 1. The number of amides is 3. The lowest BCUT2D eigenvalue weighted by Crippen LogP contribution is -2.49. The van der Waals surface area contributed by atoms with Gasteiger partial charge in [0.1, 0.15) is 17.2 Å². The minimum absolute atomic E-state index is 0.162. The van der Waals surface area contributed by atoms with E-state index in [0.29, 0.717) is 25.4 Å². The summed E-state index contributed by atoms with van der Waals surface area (Å²) >= 11 is 0. The maximum absolute atomic E-state index is 11.8. The van der Waals surface area contributed by atoms with Crippen molar-refractivity contribution in [3.8, 4) is 0 Å². The van der Waals surface area contributed by atoms with Gasteiger partial charge in [0.05, 0.1) is 0 Å². The molecule has 0 radical (unpaired) electrons. The normalized spacial score (nSPS) is 19.5. The highest BCUT2D eigenvalue weighted by Gasteiger charge is 2.34. The van der Waals surface area contributed by atoms with Crippen LogP contribution >= 0.6 is 0 Å². The number of allylic oxidation sites excluding steroid dienone is 3. The first kappa shape index (κ1) is 37.7. The third kappa shape index (κ3) is 15.3. The van der Waals surface area contributed by atoms with Crippen LogP contribution in [0.15, 0.2) is 36.1 Å². The minimum atomic E-state index is -0.953. The van der Waals surface area contributed by atoms with Gasteiger partial charge in [-0.25, -0.2) is 14.4 Å². The molecule has 0 spiro atoms. The highest BCUT2D eigenvalue weighted by atomic mass is 16.6. The second kappa shape index (κ2) is 17.5.